The fourth-order valence-electron chi connectivity index (χ4n) is 2.10. The summed E-state index contributed by atoms with van der Waals surface area (Å²) in [6.07, 6.45) is 2.52. The maximum Gasteiger partial charge on any atom is 0.320 e. The third kappa shape index (κ3) is 5.46. The number of hydrogen-bond donors (Lipinski definition) is 2. The van der Waals surface area contributed by atoms with Crippen LogP contribution in [0.15, 0.2) is 34.7 Å². The molecule has 1 atom stereocenters. The zero-order valence-electron chi connectivity index (χ0n) is 12.5. The lowest BCUT2D eigenvalue weighted by molar-refractivity contribution is -0.139. The standard InChI is InChI=1S/C16H17Cl2NO3S/c1-23-5-4-14(16(20)21)19-9-13-2-3-15(22-13)10-6-11(17)8-12(18)7-10/h2-3,6-8,14,19H,4-5,9H2,1H3,(H,20,21). The summed E-state index contributed by atoms with van der Waals surface area (Å²) >= 11 is 13.6. The summed E-state index contributed by atoms with van der Waals surface area (Å²) in [5.41, 5.74) is 0.783. The van der Waals surface area contributed by atoms with Gasteiger partial charge in [0.1, 0.15) is 17.6 Å². The number of furan rings is 1. The summed E-state index contributed by atoms with van der Waals surface area (Å²) in [6, 6.07) is 8.23. The summed E-state index contributed by atoms with van der Waals surface area (Å²) in [7, 11) is 0. The number of nitrogens with one attached hydrogen (secondary N) is 1. The van der Waals surface area contributed by atoms with Crippen molar-refractivity contribution in [2.75, 3.05) is 12.0 Å². The number of rotatable bonds is 8. The molecule has 0 radical (unpaired) electrons. The molecule has 0 bridgehead atoms. The molecule has 2 rings (SSSR count). The molecule has 0 aliphatic carbocycles. The topological polar surface area (TPSA) is 62.5 Å². The van der Waals surface area contributed by atoms with Crippen LogP contribution in [0.25, 0.3) is 11.3 Å². The fraction of sp³-hybridized carbons (Fsp3) is 0.312. The highest BCUT2D eigenvalue weighted by atomic mass is 35.5. The minimum atomic E-state index is -0.854. The highest BCUT2D eigenvalue weighted by Gasteiger charge is 2.17. The molecule has 23 heavy (non-hydrogen) atoms. The third-order valence-corrected chi connectivity index (χ3v) is 4.32. The van der Waals surface area contributed by atoms with E-state index in [1.165, 1.54) is 0 Å². The van der Waals surface area contributed by atoms with E-state index in [1.54, 1.807) is 30.0 Å². The van der Waals surface area contributed by atoms with Crippen molar-refractivity contribution in [3.8, 4) is 11.3 Å². The number of benzene rings is 1. The molecule has 2 aromatic rings. The second-order valence-corrected chi connectivity index (χ2v) is 6.84. The molecule has 0 aliphatic heterocycles. The lowest BCUT2D eigenvalue weighted by Gasteiger charge is -2.12. The van der Waals surface area contributed by atoms with Crippen LogP contribution in [0.5, 0.6) is 0 Å². The maximum absolute atomic E-state index is 11.2. The number of carboxylic acid groups (broad SMARTS) is 1. The van der Waals surface area contributed by atoms with Gasteiger partial charge < -0.3 is 9.52 Å². The van der Waals surface area contributed by atoms with Crippen molar-refractivity contribution >= 4 is 40.9 Å². The molecule has 7 heteroatoms. The highest BCUT2D eigenvalue weighted by molar-refractivity contribution is 7.98. The van der Waals surface area contributed by atoms with E-state index in [9.17, 15) is 9.90 Å². The van der Waals surface area contributed by atoms with Crippen LogP contribution in [-0.2, 0) is 11.3 Å². The predicted octanol–water partition coefficient (Wildman–Crippen LogP) is 4.55. The smallest absolute Gasteiger partial charge is 0.320 e. The molecule has 0 aliphatic rings. The summed E-state index contributed by atoms with van der Waals surface area (Å²) < 4.78 is 5.74. The number of thioether (sulfide) groups is 1. The molecule has 0 saturated heterocycles. The van der Waals surface area contributed by atoms with Crippen LogP contribution >= 0.6 is 35.0 Å². The van der Waals surface area contributed by atoms with Crippen molar-refractivity contribution in [3.05, 3.63) is 46.1 Å². The molecule has 0 fully saturated rings. The summed E-state index contributed by atoms with van der Waals surface area (Å²) in [5.74, 6) is 1.23. The number of hydrogen-bond acceptors (Lipinski definition) is 4. The minimum Gasteiger partial charge on any atom is -0.480 e. The van der Waals surface area contributed by atoms with Gasteiger partial charge in [-0.3, -0.25) is 10.1 Å². The van der Waals surface area contributed by atoms with Gasteiger partial charge in [0.25, 0.3) is 0 Å². The van der Waals surface area contributed by atoms with Crippen LogP contribution in [0.3, 0.4) is 0 Å². The Kier molecular flexibility index (Phi) is 6.84. The Hall–Kier alpha value is -1.14. The van der Waals surface area contributed by atoms with Gasteiger partial charge in [-0.25, -0.2) is 0 Å². The van der Waals surface area contributed by atoms with E-state index in [-0.39, 0.29) is 0 Å². The number of carbonyl (C=O) groups is 1. The molecule has 0 saturated carbocycles. The van der Waals surface area contributed by atoms with Crippen molar-refractivity contribution in [1.82, 2.24) is 5.32 Å². The van der Waals surface area contributed by atoms with Crippen LogP contribution in [0, 0.1) is 0 Å². The number of carboxylic acids is 1. The molecular weight excluding hydrogens is 357 g/mol. The van der Waals surface area contributed by atoms with Crippen molar-refractivity contribution in [1.29, 1.82) is 0 Å². The molecule has 1 unspecified atom stereocenters. The first kappa shape index (κ1) is 18.2. The lowest BCUT2D eigenvalue weighted by Crippen LogP contribution is -2.36. The molecule has 4 nitrogen and oxygen atoms in total. The van der Waals surface area contributed by atoms with E-state index in [0.29, 0.717) is 34.5 Å². The maximum atomic E-state index is 11.2. The Labute approximate surface area is 149 Å². The molecular formula is C16H17Cl2NO3S. The highest BCUT2D eigenvalue weighted by Crippen LogP contribution is 2.28. The van der Waals surface area contributed by atoms with Crippen LogP contribution in [0.2, 0.25) is 10.0 Å². The Morgan fingerprint density at radius 2 is 2.00 bits per heavy atom. The average Bonchev–Trinajstić information content (AvgIpc) is 2.95. The monoisotopic (exact) mass is 373 g/mol. The van der Waals surface area contributed by atoms with E-state index in [4.69, 9.17) is 27.6 Å². The van der Waals surface area contributed by atoms with Gasteiger partial charge >= 0.3 is 5.97 Å². The van der Waals surface area contributed by atoms with Gasteiger partial charge in [-0.15, -0.1) is 0 Å². The van der Waals surface area contributed by atoms with Gasteiger partial charge in [0.05, 0.1) is 6.54 Å². The van der Waals surface area contributed by atoms with E-state index in [1.807, 2.05) is 18.4 Å². The molecule has 0 amide bonds. The molecule has 124 valence electrons. The molecule has 1 aromatic heterocycles. The normalized spacial score (nSPS) is 12.3. The van der Waals surface area contributed by atoms with Crippen LogP contribution in [0.1, 0.15) is 12.2 Å². The van der Waals surface area contributed by atoms with E-state index < -0.39 is 12.0 Å². The van der Waals surface area contributed by atoms with E-state index >= 15 is 0 Å². The number of aliphatic carboxylic acids is 1. The van der Waals surface area contributed by atoms with Gasteiger partial charge in [-0.05, 0) is 48.8 Å². The molecule has 2 N–H and O–H groups in total. The molecule has 0 spiro atoms. The first-order chi connectivity index (χ1) is 11.0. The van der Waals surface area contributed by atoms with E-state index in [2.05, 4.69) is 5.32 Å². The predicted molar refractivity (Wildman–Crippen MR) is 95.4 cm³/mol. The van der Waals surface area contributed by atoms with Crippen LogP contribution in [-0.4, -0.2) is 29.1 Å². The average molecular weight is 374 g/mol. The second kappa shape index (κ2) is 8.64. The minimum absolute atomic E-state index is 0.347. The zero-order valence-corrected chi connectivity index (χ0v) is 14.8. The zero-order chi connectivity index (χ0) is 16.8. The molecule has 1 aromatic carbocycles. The van der Waals surface area contributed by atoms with Gasteiger partial charge in [-0.2, -0.15) is 11.8 Å². The van der Waals surface area contributed by atoms with Gasteiger partial charge in [0, 0.05) is 15.6 Å². The van der Waals surface area contributed by atoms with Crippen LogP contribution in [0.4, 0.5) is 0 Å². The first-order valence-electron chi connectivity index (χ1n) is 7.00. The quantitative estimate of drug-likeness (QED) is 0.710. The Bertz CT molecular complexity index is 655. The van der Waals surface area contributed by atoms with Crippen molar-refractivity contribution < 1.29 is 14.3 Å². The fourth-order valence-corrected chi connectivity index (χ4v) is 3.09. The first-order valence-corrected chi connectivity index (χ1v) is 9.15. The largest absolute Gasteiger partial charge is 0.480 e. The third-order valence-electron chi connectivity index (χ3n) is 3.24. The van der Waals surface area contributed by atoms with Crippen molar-refractivity contribution in [2.24, 2.45) is 0 Å². The van der Waals surface area contributed by atoms with Gasteiger partial charge in [0.15, 0.2) is 0 Å². The Morgan fingerprint density at radius 3 is 2.61 bits per heavy atom. The van der Waals surface area contributed by atoms with E-state index in [0.717, 1.165) is 11.3 Å². The van der Waals surface area contributed by atoms with Crippen molar-refractivity contribution in [2.45, 2.75) is 19.0 Å². The number of halogens is 2. The summed E-state index contributed by atoms with van der Waals surface area (Å²) in [6.45, 7) is 0.347. The molecule has 1 heterocycles. The van der Waals surface area contributed by atoms with Crippen molar-refractivity contribution in [3.63, 3.8) is 0 Å². The Balaban J connectivity index is 2.03. The summed E-state index contributed by atoms with van der Waals surface area (Å²) in [5, 5.41) is 13.3. The van der Waals surface area contributed by atoms with Gasteiger partial charge in [0.2, 0.25) is 0 Å². The van der Waals surface area contributed by atoms with Crippen LogP contribution < -0.4 is 5.32 Å². The lowest BCUT2D eigenvalue weighted by atomic mass is 10.2. The Morgan fingerprint density at radius 1 is 1.30 bits per heavy atom. The SMILES string of the molecule is CSCCC(NCc1ccc(-c2cc(Cl)cc(Cl)c2)o1)C(=O)O. The van der Waals surface area contributed by atoms with Gasteiger partial charge in [-0.1, -0.05) is 23.2 Å². The summed E-state index contributed by atoms with van der Waals surface area (Å²) in [4.78, 5) is 11.2. The second-order valence-electron chi connectivity index (χ2n) is 4.98.